The van der Waals surface area contributed by atoms with Crippen LogP contribution in [-0.2, 0) is 21.4 Å². The molecule has 2 aromatic rings. The van der Waals surface area contributed by atoms with Crippen LogP contribution < -0.4 is 5.32 Å². The first-order valence-electron chi connectivity index (χ1n) is 8.93. The first kappa shape index (κ1) is 20.0. The highest BCUT2D eigenvalue weighted by molar-refractivity contribution is 7.89. The zero-order valence-corrected chi connectivity index (χ0v) is 16.0. The number of hydrogen-bond donors (Lipinski definition) is 1. The second-order valence-electron chi connectivity index (χ2n) is 6.51. The Morgan fingerprint density at radius 2 is 2.00 bits per heavy atom. The Hall–Kier alpha value is -2.79. The molecule has 0 aliphatic carbocycles. The van der Waals surface area contributed by atoms with E-state index in [-0.39, 0.29) is 29.5 Å². The second kappa shape index (κ2) is 8.48. The molecule has 1 aromatic heterocycles. The van der Waals surface area contributed by atoms with Gasteiger partial charge in [0.15, 0.2) is 0 Å². The molecule has 1 fully saturated rings. The fraction of sp³-hybridized carbons (Fsp3) is 0.412. The average Bonchev–Trinajstić information content (AvgIpc) is 3.17. The topological polar surface area (TPSA) is 127 Å². The third-order valence-electron chi connectivity index (χ3n) is 4.47. The SMILES string of the molecule is O=C(CCn1cc([N+](=O)[O-])cn1)Nc1cccc(S(=O)(=O)N2CCCCC2)c1. The molecule has 1 aromatic carbocycles. The summed E-state index contributed by atoms with van der Waals surface area (Å²) >= 11 is 0. The number of aryl methyl sites for hydroxylation is 1. The molecule has 1 aliphatic heterocycles. The molecule has 0 unspecified atom stereocenters. The van der Waals surface area contributed by atoms with Gasteiger partial charge in [0.05, 0.1) is 9.82 Å². The van der Waals surface area contributed by atoms with Gasteiger partial charge in [-0.1, -0.05) is 12.5 Å². The molecule has 1 amide bonds. The largest absolute Gasteiger partial charge is 0.326 e. The van der Waals surface area contributed by atoms with Gasteiger partial charge >= 0.3 is 5.69 Å². The van der Waals surface area contributed by atoms with E-state index in [2.05, 4.69) is 10.4 Å². The molecule has 0 spiro atoms. The number of nitrogens with zero attached hydrogens (tertiary/aromatic N) is 4. The van der Waals surface area contributed by atoms with E-state index in [4.69, 9.17) is 0 Å². The average molecular weight is 407 g/mol. The minimum atomic E-state index is -3.58. The molecular formula is C17H21N5O5S. The molecule has 1 N–H and O–H groups in total. The predicted octanol–water partition coefficient (Wildman–Crippen LogP) is 1.99. The number of nitro groups is 1. The third kappa shape index (κ3) is 4.73. The summed E-state index contributed by atoms with van der Waals surface area (Å²) in [7, 11) is -3.58. The van der Waals surface area contributed by atoms with E-state index in [1.165, 1.54) is 27.3 Å². The molecule has 0 bridgehead atoms. The van der Waals surface area contributed by atoms with Crippen molar-refractivity contribution in [2.45, 2.75) is 37.1 Å². The summed E-state index contributed by atoms with van der Waals surface area (Å²) in [4.78, 5) is 22.4. The molecular weight excluding hydrogens is 386 g/mol. The number of sulfonamides is 1. The standard InChI is InChI=1S/C17H21N5O5S/c23-17(7-10-20-13-15(12-18-20)22(24)25)19-14-5-4-6-16(11-14)28(26,27)21-8-2-1-3-9-21/h4-6,11-13H,1-3,7-10H2,(H,19,23). The van der Waals surface area contributed by atoms with Crippen LogP contribution in [0.5, 0.6) is 0 Å². The highest BCUT2D eigenvalue weighted by Gasteiger charge is 2.26. The lowest BCUT2D eigenvalue weighted by Crippen LogP contribution is -2.35. The van der Waals surface area contributed by atoms with Gasteiger partial charge in [0, 0.05) is 31.7 Å². The number of aromatic nitrogens is 2. The Kier molecular flexibility index (Phi) is 6.05. The van der Waals surface area contributed by atoms with Crippen molar-refractivity contribution in [1.82, 2.24) is 14.1 Å². The number of nitrogens with one attached hydrogen (secondary N) is 1. The molecule has 10 nitrogen and oxygen atoms in total. The minimum Gasteiger partial charge on any atom is -0.326 e. The normalized spacial score (nSPS) is 15.3. The number of anilines is 1. The second-order valence-corrected chi connectivity index (χ2v) is 8.45. The lowest BCUT2D eigenvalue weighted by molar-refractivity contribution is -0.385. The van der Waals surface area contributed by atoms with Gasteiger partial charge in [0.1, 0.15) is 12.4 Å². The Labute approximate surface area is 162 Å². The first-order valence-corrected chi connectivity index (χ1v) is 10.4. The molecule has 11 heteroatoms. The van der Waals surface area contributed by atoms with Crippen LogP contribution >= 0.6 is 0 Å². The number of rotatable bonds is 7. The number of hydrogen-bond acceptors (Lipinski definition) is 6. The summed E-state index contributed by atoms with van der Waals surface area (Å²) in [5.41, 5.74) is 0.241. The summed E-state index contributed by atoms with van der Waals surface area (Å²) < 4.78 is 28.3. The van der Waals surface area contributed by atoms with Gasteiger partial charge in [-0.3, -0.25) is 19.6 Å². The van der Waals surface area contributed by atoms with E-state index in [1.807, 2.05) is 0 Å². The van der Waals surface area contributed by atoms with Crippen molar-refractivity contribution < 1.29 is 18.1 Å². The lowest BCUT2D eigenvalue weighted by Gasteiger charge is -2.26. The van der Waals surface area contributed by atoms with Crippen LogP contribution in [0.3, 0.4) is 0 Å². The Balaban J connectivity index is 1.61. The smallest absolute Gasteiger partial charge is 0.306 e. The van der Waals surface area contributed by atoms with Crippen LogP contribution in [-0.4, -0.2) is 46.4 Å². The lowest BCUT2D eigenvalue weighted by atomic mass is 10.2. The van der Waals surface area contributed by atoms with E-state index in [1.54, 1.807) is 12.1 Å². The molecule has 3 rings (SSSR count). The van der Waals surface area contributed by atoms with Gasteiger partial charge in [-0.25, -0.2) is 8.42 Å². The van der Waals surface area contributed by atoms with E-state index in [0.717, 1.165) is 25.5 Å². The summed E-state index contributed by atoms with van der Waals surface area (Å²) in [5, 5.41) is 17.1. The van der Waals surface area contributed by atoms with E-state index in [9.17, 15) is 23.3 Å². The Morgan fingerprint density at radius 3 is 2.68 bits per heavy atom. The van der Waals surface area contributed by atoms with Crippen molar-refractivity contribution in [3.8, 4) is 0 Å². The number of carbonyl (C=O) groups excluding carboxylic acids is 1. The third-order valence-corrected chi connectivity index (χ3v) is 6.36. The zero-order valence-electron chi connectivity index (χ0n) is 15.2. The summed E-state index contributed by atoms with van der Waals surface area (Å²) in [5.74, 6) is -0.342. The van der Waals surface area contributed by atoms with Crippen LogP contribution in [0.2, 0.25) is 0 Å². The maximum absolute atomic E-state index is 12.7. The number of benzene rings is 1. The molecule has 150 valence electrons. The van der Waals surface area contributed by atoms with Crippen molar-refractivity contribution in [2.24, 2.45) is 0 Å². The summed E-state index contributed by atoms with van der Waals surface area (Å²) in [6.45, 7) is 1.19. The van der Waals surface area contributed by atoms with Gasteiger partial charge in [-0.05, 0) is 31.0 Å². The molecule has 1 saturated heterocycles. The fourth-order valence-electron chi connectivity index (χ4n) is 3.00. The van der Waals surface area contributed by atoms with Gasteiger partial charge in [0.25, 0.3) is 0 Å². The molecule has 28 heavy (non-hydrogen) atoms. The summed E-state index contributed by atoms with van der Waals surface area (Å²) in [6, 6.07) is 6.16. The van der Waals surface area contributed by atoms with Crippen LogP contribution in [0.25, 0.3) is 0 Å². The summed E-state index contributed by atoms with van der Waals surface area (Å²) in [6.07, 6.45) is 5.14. The van der Waals surface area contributed by atoms with Gasteiger partial charge < -0.3 is 5.32 Å². The fourth-order valence-corrected chi connectivity index (χ4v) is 4.56. The van der Waals surface area contributed by atoms with Gasteiger partial charge in [-0.2, -0.15) is 9.40 Å². The van der Waals surface area contributed by atoms with Crippen LogP contribution in [0.1, 0.15) is 25.7 Å². The van der Waals surface area contributed by atoms with Gasteiger partial charge in [-0.15, -0.1) is 0 Å². The maximum atomic E-state index is 12.7. The van der Waals surface area contributed by atoms with Crippen molar-refractivity contribution in [2.75, 3.05) is 18.4 Å². The van der Waals surface area contributed by atoms with E-state index in [0.29, 0.717) is 18.8 Å². The number of carbonyl (C=O) groups is 1. The maximum Gasteiger partial charge on any atom is 0.306 e. The monoisotopic (exact) mass is 407 g/mol. The Bertz CT molecular complexity index is 966. The molecule has 2 heterocycles. The van der Waals surface area contributed by atoms with Crippen LogP contribution in [0.4, 0.5) is 11.4 Å². The molecule has 0 saturated carbocycles. The van der Waals surface area contributed by atoms with Gasteiger partial charge in [0.2, 0.25) is 15.9 Å². The predicted molar refractivity (Wildman–Crippen MR) is 101 cm³/mol. The number of amides is 1. The zero-order chi connectivity index (χ0) is 20.1. The van der Waals surface area contributed by atoms with Crippen molar-refractivity contribution in [3.05, 3.63) is 46.8 Å². The van der Waals surface area contributed by atoms with Crippen molar-refractivity contribution in [1.29, 1.82) is 0 Å². The van der Waals surface area contributed by atoms with Crippen molar-refractivity contribution >= 4 is 27.3 Å². The quantitative estimate of drug-likeness (QED) is 0.552. The highest BCUT2D eigenvalue weighted by atomic mass is 32.2. The molecule has 0 radical (unpaired) electrons. The molecule has 1 aliphatic rings. The van der Waals surface area contributed by atoms with Crippen LogP contribution in [0, 0.1) is 10.1 Å². The first-order chi connectivity index (χ1) is 13.4. The van der Waals surface area contributed by atoms with Crippen molar-refractivity contribution in [3.63, 3.8) is 0 Å². The highest BCUT2D eigenvalue weighted by Crippen LogP contribution is 2.23. The van der Waals surface area contributed by atoms with Crippen LogP contribution in [0.15, 0.2) is 41.6 Å². The van der Waals surface area contributed by atoms with E-state index >= 15 is 0 Å². The number of piperidine rings is 1. The minimum absolute atomic E-state index is 0.0436. The molecule has 0 atom stereocenters. The van der Waals surface area contributed by atoms with E-state index < -0.39 is 14.9 Å². The Morgan fingerprint density at radius 1 is 1.25 bits per heavy atom.